The summed E-state index contributed by atoms with van der Waals surface area (Å²) < 4.78 is 27.0. The van der Waals surface area contributed by atoms with E-state index in [1.807, 2.05) is 25.1 Å². The molecule has 1 N–H and O–H groups in total. The van der Waals surface area contributed by atoms with E-state index in [0.29, 0.717) is 31.0 Å². The highest BCUT2D eigenvalue weighted by molar-refractivity contribution is 7.89. The number of hydrogen-bond donors (Lipinski definition) is 1. The molecule has 1 aliphatic heterocycles. The second-order valence-corrected chi connectivity index (χ2v) is 8.81. The van der Waals surface area contributed by atoms with Crippen LogP contribution >= 0.6 is 11.6 Å². The zero-order valence-corrected chi connectivity index (χ0v) is 16.3. The highest BCUT2D eigenvalue weighted by atomic mass is 35.5. The fraction of sp³-hybridized carbons (Fsp3) is 0.412. The molecule has 1 aromatic carbocycles. The first-order valence-electron chi connectivity index (χ1n) is 8.38. The highest BCUT2D eigenvalue weighted by Gasteiger charge is 2.29. The first-order valence-corrected chi connectivity index (χ1v) is 10.2. The summed E-state index contributed by atoms with van der Waals surface area (Å²) in [6, 6.07) is 8.45. The van der Waals surface area contributed by atoms with Crippen LogP contribution < -0.4 is 10.2 Å². The van der Waals surface area contributed by atoms with Gasteiger partial charge in [-0.15, -0.1) is 0 Å². The van der Waals surface area contributed by atoms with Crippen molar-refractivity contribution in [2.45, 2.75) is 23.8 Å². The number of rotatable bonds is 5. The molecular formula is C17H22ClN5O2S. The largest absolute Gasteiger partial charge is 0.367 e. The Kier molecular flexibility index (Phi) is 5.64. The second kappa shape index (κ2) is 7.77. The van der Waals surface area contributed by atoms with Crippen LogP contribution in [-0.4, -0.2) is 55.9 Å². The van der Waals surface area contributed by atoms with Gasteiger partial charge in [-0.1, -0.05) is 17.7 Å². The Morgan fingerprint density at radius 2 is 1.92 bits per heavy atom. The topological polar surface area (TPSA) is 78.4 Å². The first kappa shape index (κ1) is 18.9. The summed E-state index contributed by atoms with van der Waals surface area (Å²) in [6.07, 6.45) is 2.94. The highest BCUT2D eigenvalue weighted by Crippen LogP contribution is 2.24. The Labute approximate surface area is 159 Å². The number of nitrogens with zero attached hydrogens (tertiary/aromatic N) is 4. The third-order valence-corrected chi connectivity index (χ3v) is 6.48. The van der Waals surface area contributed by atoms with Crippen molar-refractivity contribution < 1.29 is 8.42 Å². The number of hydrogen-bond acceptors (Lipinski definition) is 6. The first-order chi connectivity index (χ1) is 12.4. The average molecular weight is 396 g/mol. The molecule has 0 unspecified atom stereocenters. The maximum Gasteiger partial charge on any atom is 0.243 e. The molecule has 0 amide bonds. The van der Waals surface area contributed by atoms with E-state index >= 15 is 0 Å². The van der Waals surface area contributed by atoms with Crippen molar-refractivity contribution in [3.05, 3.63) is 41.7 Å². The molecule has 2 aromatic rings. The Hall–Kier alpha value is -1.90. The van der Waals surface area contributed by atoms with Crippen molar-refractivity contribution in [1.82, 2.24) is 14.3 Å². The van der Waals surface area contributed by atoms with Crippen LogP contribution in [0.2, 0.25) is 5.02 Å². The van der Waals surface area contributed by atoms with Gasteiger partial charge in [-0.3, -0.25) is 0 Å². The standard InChI is InChI=1S/C17H22ClN5O2S/c1-22(2)17-11-16(19-12-20-17)21-14-6-8-23(9-7-14)26(24,25)15-5-3-4-13(18)10-15/h3-5,10-12,14H,6-9H2,1-2H3,(H,19,20,21). The van der Waals surface area contributed by atoms with E-state index in [2.05, 4.69) is 15.3 Å². The van der Waals surface area contributed by atoms with Gasteiger partial charge in [0.1, 0.15) is 18.0 Å². The third kappa shape index (κ3) is 4.25. The molecule has 0 bridgehead atoms. The molecular weight excluding hydrogens is 374 g/mol. The lowest BCUT2D eigenvalue weighted by Gasteiger charge is -2.32. The fourth-order valence-electron chi connectivity index (χ4n) is 2.90. The number of piperidine rings is 1. The molecule has 9 heteroatoms. The molecule has 0 aliphatic carbocycles. The van der Waals surface area contributed by atoms with E-state index in [4.69, 9.17) is 11.6 Å². The maximum absolute atomic E-state index is 12.7. The Morgan fingerprint density at radius 3 is 2.58 bits per heavy atom. The molecule has 0 saturated carbocycles. The fourth-order valence-corrected chi connectivity index (χ4v) is 4.67. The summed E-state index contributed by atoms with van der Waals surface area (Å²) in [7, 11) is 0.334. The van der Waals surface area contributed by atoms with Crippen molar-refractivity contribution >= 4 is 33.3 Å². The number of halogens is 1. The van der Waals surface area contributed by atoms with Crippen LogP contribution in [0.3, 0.4) is 0 Å². The molecule has 1 fully saturated rings. The van der Waals surface area contributed by atoms with Crippen LogP contribution in [0.5, 0.6) is 0 Å². The van der Waals surface area contributed by atoms with E-state index in [0.717, 1.165) is 11.6 Å². The molecule has 3 rings (SSSR count). The van der Waals surface area contributed by atoms with Gasteiger partial charge < -0.3 is 10.2 Å². The summed E-state index contributed by atoms with van der Waals surface area (Å²) in [6.45, 7) is 0.913. The van der Waals surface area contributed by atoms with Gasteiger partial charge in [-0.05, 0) is 31.0 Å². The van der Waals surface area contributed by atoms with Crippen LogP contribution in [0, 0.1) is 0 Å². The van der Waals surface area contributed by atoms with Gasteiger partial charge in [0.05, 0.1) is 4.90 Å². The number of benzene rings is 1. The number of nitrogens with one attached hydrogen (secondary N) is 1. The summed E-state index contributed by atoms with van der Waals surface area (Å²) in [5, 5.41) is 3.80. The minimum absolute atomic E-state index is 0.172. The Morgan fingerprint density at radius 1 is 1.19 bits per heavy atom. The zero-order valence-electron chi connectivity index (χ0n) is 14.8. The minimum atomic E-state index is -3.51. The molecule has 1 aromatic heterocycles. The van der Waals surface area contributed by atoms with Crippen LogP contribution in [0.25, 0.3) is 0 Å². The van der Waals surface area contributed by atoms with Gasteiger partial charge in [0.15, 0.2) is 0 Å². The molecule has 26 heavy (non-hydrogen) atoms. The smallest absolute Gasteiger partial charge is 0.243 e. The molecule has 1 aliphatic rings. The lowest BCUT2D eigenvalue weighted by atomic mass is 10.1. The Bertz CT molecular complexity index is 867. The summed E-state index contributed by atoms with van der Waals surface area (Å²) in [5.41, 5.74) is 0. The van der Waals surface area contributed by atoms with Crippen molar-refractivity contribution in [2.24, 2.45) is 0 Å². The molecule has 0 atom stereocenters. The number of sulfonamides is 1. The Balaban J connectivity index is 1.63. The monoisotopic (exact) mass is 395 g/mol. The normalized spacial score (nSPS) is 16.4. The molecule has 2 heterocycles. The van der Waals surface area contributed by atoms with E-state index in [1.54, 1.807) is 18.2 Å². The lowest BCUT2D eigenvalue weighted by Crippen LogP contribution is -2.42. The van der Waals surface area contributed by atoms with Crippen molar-refractivity contribution in [3.63, 3.8) is 0 Å². The predicted octanol–water partition coefficient (Wildman–Crippen LogP) is 2.46. The van der Waals surface area contributed by atoms with Gasteiger partial charge in [-0.25, -0.2) is 18.4 Å². The van der Waals surface area contributed by atoms with Crippen molar-refractivity contribution in [2.75, 3.05) is 37.4 Å². The maximum atomic E-state index is 12.7. The molecule has 0 spiro atoms. The quantitative estimate of drug-likeness (QED) is 0.837. The molecule has 7 nitrogen and oxygen atoms in total. The van der Waals surface area contributed by atoms with Gasteiger partial charge >= 0.3 is 0 Å². The third-order valence-electron chi connectivity index (χ3n) is 4.35. The van der Waals surface area contributed by atoms with E-state index in [-0.39, 0.29) is 10.9 Å². The van der Waals surface area contributed by atoms with E-state index in [1.165, 1.54) is 16.7 Å². The summed E-state index contributed by atoms with van der Waals surface area (Å²) in [4.78, 5) is 10.6. The van der Waals surface area contributed by atoms with Crippen LogP contribution in [0.1, 0.15) is 12.8 Å². The molecule has 140 valence electrons. The second-order valence-electron chi connectivity index (χ2n) is 6.44. The van der Waals surface area contributed by atoms with Gasteiger partial charge in [-0.2, -0.15) is 4.31 Å². The van der Waals surface area contributed by atoms with Crippen molar-refractivity contribution in [3.8, 4) is 0 Å². The minimum Gasteiger partial charge on any atom is -0.367 e. The summed E-state index contributed by atoms with van der Waals surface area (Å²) >= 11 is 5.93. The molecule has 1 saturated heterocycles. The van der Waals surface area contributed by atoms with Crippen LogP contribution in [0.4, 0.5) is 11.6 Å². The lowest BCUT2D eigenvalue weighted by molar-refractivity contribution is 0.329. The SMILES string of the molecule is CN(C)c1cc(NC2CCN(S(=O)(=O)c3cccc(Cl)c3)CC2)ncn1. The van der Waals surface area contributed by atoms with Gasteiger partial charge in [0.2, 0.25) is 10.0 Å². The van der Waals surface area contributed by atoms with Gasteiger partial charge in [0.25, 0.3) is 0 Å². The summed E-state index contributed by atoms with van der Waals surface area (Å²) in [5.74, 6) is 1.57. The van der Waals surface area contributed by atoms with E-state index in [9.17, 15) is 8.42 Å². The van der Waals surface area contributed by atoms with E-state index < -0.39 is 10.0 Å². The van der Waals surface area contributed by atoms with Crippen molar-refractivity contribution in [1.29, 1.82) is 0 Å². The molecule has 0 radical (unpaired) electrons. The number of aromatic nitrogens is 2. The van der Waals surface area contributed by atoms with Crippen LogP contribution in [-0.2, 0) is 10.0 Å². The zero-order chi connectivity index (χ0) is 18.7. The van der Waals surface area contributed by atoms with Gasteiger partial charge in [0, 0.05) is 44.3 Å². The number of anilines is 2. The van der Waals surface area contributed by atoms with Crippen LogP contribution in [0.15, 0.2) is 41.6 Å². The predicted molar refractivity (Wildman–Crippen MR) is 103 cm³/mol. The average Bonchev–Trinajstić information content (AvgIpc) is 2.62.